The van der Waals surface area contributed by atoms with Crippen LogP contribution in [-0.2, 0) is 10.0 Å². The molecule has 1 unspecified atom stereocenters. The van der Waals surface area contributed by atoms with Gasteiger partial charge in [-0.1, -0.05) is 13.0 Å². The lowest BCUT2D eigenvalue weighted by Gasteiger charge is -2.13. The molecule has 0 saturated carbocycles. The fourth-order valence-electron chi connectivity index (χ4n) is 1.35. The average Bonchev–Trinajstić information content (AvgIpc) is 2.24. The Labute approximate surface area is 101 Å². The van der Waals surface area contributed by atoms with E-state index >= 15 is 0 Å². The van der Waals surface area contributed by atoms with Gasteiger partial charge in [-0.15, -0.1) is 0 Å². The van der Waals surface area contributed by atoms with Gasteiger partial charge in [0.15, 0.2) is 5.25 Å². The van der Waals surface area contributed by atoms with E-state index in [1.807, 2.05) is 0 Å². The zero-order valence-electron chi connectivity index (χ0n) is 9.77. The van der Waals surface area contributed by atoms with Crippen molar-refractivity contribution in [1.82, 2.24) is 0 Å². The summed E-state index contributed by atoms with van der Waals surface area (Å²) in [6.07, 6.45) is 0.243. The lowest BCUT2D eigenvalue weighted by atomic mass is 10.2. The van der Waals surface area contributed by atoms with Gasteiger partial charge in [-0.2, -0.15) is 5.26 Å². The molecule has 0 aliphatic heterocycles. The van der Waals surface area contributed by atoms with Gasteiger partial charge in [0.1, 0.15) is 0 Å². The second kappa shape index (κ2) is 5.06. The lowest BCUT2D eigenvalue weighted by molar-refractivity contribution is 0.593. The van der Waals surface area contributed by atoms with Crippen molar-refractivity contribution < 1.29 is 8.42 Å². The first-order valence-electron chi connectivity index (χ1n) is 5.18. The van der Waals surface area contributed by atoms with E-state index in [1.165, 1.54) is 6.07 Å². The van der Waals surface area contributed by atoms with Gasteiger partial charge in [0.05, 0.1) is 11.8 Å². The molecular weight excluding hydrogens is 238 g/mol. The zero-order chi connectivity index (χ0) is 13.1. The van der Waals surface area contributed by atoms with E-state index in [9.17, 15) is 8.42 Å². The van der Waals surface area contributed by atoms with Crippen LogP contribution in [0, 0.1) is 18.3 Å². The normalized spacial score (nSPS) is 12.8. The Bertz CT molecular complexity index is 546. The first-order chi connectivity index (χ1) is 7.90. The van der Waals surface area contributed by atoms with Crippen molar-refractivity contribution in [2.24, 2.45) is 0 Å². The van der Waals surface area contributed by atoms with Crippen molar-refractivity contribution in [3.05, 3.63) is 23.8 Å². The number of nitriles is 1. The summed E-state index contributed by atoms with van der Waals surface area (Å²) in [5.41, 5.74) is 7.23. The number of nitrogens with one attached hydrogen (secondary N) is 1. The number of sulfonamides is 1. The van der Waals surface area contributed by atoms with Gasteiger partial charge in [-0.3, -0.25) is 4.72 Å². The minimum absolute atomic E-state index is 0.243. The molecule has 0 aliphatic carbocycles. The van der Waals surface area contributed by atoms with Gasteiger partial charge in [0, 0.05) is 5.69 Å². The molecule has 1 aromatic rings. The lowest BCUT2D eigenvalue weighted by Crippen LogP contribution is -2.26. The van der Waals surface area contributed by atoms with Crippen LogP contribution in [0.4, 0.5) is 11.4 Å². The molecule has 3 N–H and O–H groups in total. The fourth-order valence-corrected chi connectivity index (χ4v) is 2.60. The summed E-state index contributed by atoms with van der Waals surface area (Å²) in [7, 11) is -3.68. The van der Waals surface area contributed by atoms with Crippen molar-refractivity contribution in [1.29, 1.82) is 5.26 Å². The van der Waals surface area contributed by atoms with E-state index in [1.54, 1.807) is 32.0 Å². The molecule has 6 heteroatoms. The third-order valence-corrected chi connectivity index (χ3v) is 4.10. The Balaban J connectivity index is 3.06. The van der Waals surface area contributed by atoms with Crippen LogP contribution >= 0.6 is 0 Å². The highest BCUT2D eigenvalue weighted by molar-refractivity contribution is 7.93. The molecule has 92 valence electrons. The second-order valence-corrected chi connectivity index (χ2v) is 5.61. The van der Waals surface area contributed by atoms with Gasteiger partial charge in [-0.25, -0.2) is 8.42 Å². The molecule has 1 rings (SSSR count). The molecule has 0 aliphatic rings. The van der Waals surface area contributed by atoms with Crippen molar-refractivity contribution in [2.45, 2.75) is 25.5 Å². The first-order valence-corrected chi connectivity index (χ1v) is 6.72. The number of nitrogen functional groups attached to an aromatic ring is 1. The van der Waals surface area contributed by atoms with Crippen LogP contribution in [0.3, 0.4) is 0 Å². The molecular formula is C11H15N3O2S. The summed E-state index contributed by atoms with van der Waals surface area (Å²) < 4.78 is 26.1. The first kappa shape index (κ1) is 13.3. The number of rotatable bonds is 4. The largest absolute Gasteiger partial charge is 0.399 e. The maximum Gasteiger partial charge on any atom is 0.249 e. The van der Waals surface area contributed by atoms with Gasteiger partial charge < -0.3 is 5.73 Å². The summed E-state index contributed by atoms with van der Waals surface area (Å²) in [6.45, 7) is 3.42. The summed E-state index contributed by atoms with van der Waals surface area (Å²) >= 11 is 0. The number of nitrogens with two attached hydrogens (primary N) is 1. The van der Waals surface area contributed by atoms with Gasteiger partial charge >= 0.3 is 0 Å². The molecule has 0 heterocycles. The quantitative estimate of drug-likeness (QED) is 0.797. The third kappa shape index (κ3) is 3.11. The Hall–Kier alpha value is -1.74. The maximum absolute atomic E-state index is 11.9. The van der Waals surface area contributed by atoms with Crippen LogP contribution in [0.5, 0.6) is 0 Å². The Morgan fingerprint density at radius 3 is 2.71 bits per heavy atom. The molecule has 17 heavy (non-hydrogen) atoms. The molecule has 1 atom stereocenters. The molecule has 0 saturated heterocycles. The minimum atomic E-state index is -3.68. The highest BCUT2D eigenvalue weighted by Gasteiger charge is 2.23. The van der Waals surface area contributed by atoms with E-state index < -0.39 is 15.3 Å². The Morgan fingerprint density at radius 2 is 2.18 bits per heavy atom. The summed E-state index contributed by atoms with van der Waals surface area (Å²) in [6, 6.07) is 6.72. The predicted molar refractivity (Wildman–Crippen MR) is 67.8 cm³/mol. The standard InChI is InChI=1S/C11H15N3O2S/c1-3-10(7-12)17(15,16)14-11-6-9(13)5-4-8(11)2/h4-6,10,14H,3,13H2,1-2H3. The molecule has 0 radical (unpaired) electrons. The van der Waals surface area contributed by atoms with Crippen LogP contribution < -0.4 is 10.5 Å². The molecule has 0 fully saturated rings. The van der Waals surface area contributed by atoms with Crippen LogP contribution in [-0.4, -0.2) is 13.7 Å². The summed E-state index contributed by atoms with van der Waals surface area (Å²) in [5, 5.41) is 7.72. The maximum atomic E-state index is 11.9. The smallest absolute Gasteiger partial charge is 0.249 e. The molecule has 0 amide bonds. The highest BCUT2D eigenvalue weighted by Crippen LogP contribution is 2.21. The molecule has 0 aromatic heterocycles. The van der Waals surface area contributed by atoms with E-state index in [0.717, 1.165) is 5.56 Å². The van der Waals surface area contributed by atoms with Crippen LogP contribution in [0.15, 0.2) is 18.2 Å². The number of benzene rings is 1. The fraction of sp³-hybridized carbons (Fsp3) is 0.364. The van der Waals surface area contributed by atoms with Gasteiger partial charge in [0.2, 0.25) is 10.0 Å². The molecule has 1 aromatic carbocycles. The summed E-state index contributed by atoms with van der Waals surface area (Å²) in [5.74, 6) is 0. The topological polar surface area (TPSA) is 96.0 Å². The van der Waals surface area contributed by atoms with Crippen molar-refractivity contribution in [3.8, 4) is 6.07 Å². The second-order valence-electron chi connectivity index (χ2n) is 3.75. The highest BCUT2D eigenvalue weighted by atomic mass is 32.2. The average molecular weight is 253 g/mol. The molecule has 0 spiro atoms. The Morgan fingerprint density at radius 1 is 1.53 bits per heavy atom. The monoisotopic (exact) mass is 253 g/mol. The van der Waals surface area contributed by atoms with E-state index in [-0.39, 0.29) is 6.42 Å². The minimum Gasteiger partial charge on any atom is -0.399 e. The predicted octanol–water partition coefficient (Wildman–Crippen LogP) is 1.62. The van der Waals surface area contributed by atoms with Crippen molar-refractivity contribution in [3.63, 3.8) is 0 Å². The van der Waals surface area contributed by atoms with Crippen molar-refractivity contribution >= 4 is 21.4 Å². The third-order valence-electron chi connectivity index (χ3n) is 2.40. The molecule has 5 nitrogen and oxygen atoms in total. The Kier molecular flexibility index (Phi) is 3.97. The van der Waals surface area contributed by atoms with Gasteiger partial charge in [0.25, 0.3) is 0 Å². The van der Waals surface area contributed by atoms with Gasteiger partial charge in [-0.05, 0) is 31.0 Å². The van der Waals surface area contributed by atoms with Crippen LogP contribution in [0.1, 0.15) is 18.9 Å². The summed E-state index contributed by atoms with van der Waals surface area (Å²) in [4.78, 5) is 0. The van der Waals surface area contributed by atoms with E-state index in [4.69, 9.17) is 11.0 Å². The number of anilines is 2. The number of aryl methyl sites for hydroxylation is 1. The number of hydrogen-bond acceptors (Lipinski definition) is 4. The van der Waals surface area contributed by atoms with Crippen LogP contribution in [0.25, 0.3) is 0 Å². The van der Waals surface area contributed by atoms with E-state index in [2.05, 4.69) is 4.72 Å². The van der Waals surface area contributed by atoms with E-state index in [0.29, 0.717) is 11.4 Å². The number of hydrogen-bond donors (Lipinski definition) is 2. The van der Waals surface area contributed by atoms with Crippen LogP contribution in [0.2, 0.25) is 0 Å². The van der Waals surface area contributed by atoms with Crippen molar-refractivity contribution in [2.75, 3.05) is 10.5 Å². The zero-order valence-corrected chi connectivity index (χ0v) is 10.6. The molecule has 0 bridgehead atoms. The number of nitrogens with zero attached hydrogens (tertiary/aromatic N) is 1. The SMILES string of the molecule is CCC(C#N)S(=O)(=O)Nc1cc(N)ccc1C.